The zero-order valence-corrected chi connectivity index (χ0v) is 8.14. The smallest absolute Gasteiger partial charge is 0.252 e. The van der Waals surface area contributed by atoms with Gasteiger partial charge in [0.25, 0.3) is 5.24 Å². The zero-order valence-electron chi connectivity index (χ0n) is 6.57. The molecule has 0 aromatic heterocycles. The topological polar surface area (TPSA) is 54.4 Å². The normalized spacial score (nSPS) is 12.5. The fourth-order valence-electron chi connectivity index (χ4n) is 0.971. The Labute approximate surface area is 83.0 Å². The van der Waals surface area contributed by atoms with E-state index >= 15 is 0 Å². The van der Waals surface area contributed by atoms with Crippen molar-refractivity contribution in [3.05, 3.63) is 35.4 Å². The fraction of sp³-hybridized carbons (Fsp3) is 0.125. The third-order valence-electron chi connectivity index (χ3n) is 1.51. The minimum absolute atomic E-state index is 0.0748. The minimum Gasteiger partial charge on any atom is -0.306 e. The van der Waals surface area contributed by atoms with E-state index in [1.54, 1.807) is 18.2 Å². The molecule has 1 rings (SSSR count). The van der Waals surface area contributed by atoms with Crippen LogP contribution in [0, 0.1) is 0 Å². The molecule has 0 radical (unpaired) electrons. The highest BCUT2D eigenvalue weighted by Gasteiger charge is 2.09. The van der Waals surface area contributed by atoms with E-state index in [2.05, 4.69) is 0 Å². The van der Waals surface area contributed by atoms with Crippen molar-refractivity contribution in [3.63, 3.8) is 0 Å². The second-order valence-corrected chi connectivity index (χ2v) is 3.67. The van der Waals surface area contributed by atoms with E-state index in [9.17, 15) is 9.00 Å². The number of hydrogen-bond acceptors (Lipinski definition) is 2. The van der Waals surface area contributed by atoms with Gasteiger partial charge in [-0.1, -0.05) is 18.2 Å². The van der Waals surface area contributed by atoms with Crippen LogP contribution < -0.4 is 0 Å². The Balaban J connectivity index is 3.04. The van der Waals surface area contributed by atoms with Crippen LogP contribution in [0.5, 0.6) is 0 Å². The highest BCUT2D eigenvalue weighted by Crippen LogP contribution is 2.12. The van der Waals surface area contributed by atoms with Crippen LogP contribution in [0.1, 0.15) is 15.9 Å². The van der Waals surface area contributed by atoms with Gasteiger partial charge in [0.1, 0.15) is 0 Å². The monoisotopic (exact) mass is 218 g/mol. The van der Waals surface area contributed by atoms with Crippen LogP contribution in [-0.4, -0.2) is 14.0 Å². The predicted octanol–water partition coefficient (Wildman–Crippen LogP) is 1.79. The molecular formula is C8H7ClO3S. The van der Waals surface area contributed by atoms with Crippen molar-refractivity contribution in [2.24, 2.45) is 0 Å². The van der Waals surface area contributed by atoms with Gasteiger partial charge in [0, 0.05) is 5.56 Å². The van der Waals surface area contributed by atoms with E-state index in [0.717, 1.165) is 0 Å². The molecule has 70 valence electrons. The summed E-state index contributed by atoms with van der Waals surface area (Å²) in [5.41, 5.74) is 0.773. The summed E-state index contributed by atoms with van der Waals surface area (Å²) in [6.45, 7) is 0. The summed E-state index contributed by atoms with van der Waals surface area (Å²) in [5.74, 6) is -0.0748. The van der Waals surface area contributed by atoms with Crippen molar-refractivity contribution in [3.8, 4) is 0 Å². The fourth-order valence-corrected chi connectivity index (χ4v) is 1.67. The van der Waals surface area contributed by atoms with Crippen LogP contribution in [-0.2, 0) is 16.8 Å². The summed E-state index contributed by atoms with van der Waals surface area (Å²) in [6.07, 6.45) is 0. The maximum absolute atomic E-state index is 10.8. The Morgan fingerprint density at radius 2 is 2.08 bits per heavy atom. The average Bonchev–Trinajstić information content (AvgIpc) is 2.03. The highest BCUT2D eigenvalue weighted by molar-refractivity contribution is 7.78. The third kappa shape index (κ3) is 2.91. The van der Waals surface area contributed by atoms with E-state index in [0.29, 0.717) is 5.56 Å². The highest BCUT2D eigenvalue weighted by atomic mass is 35.5. The van der Waals surface area contributed by atoms with Gasteiger partial charge in [0.15, 0.2) is 11.1 Å². The van der Waals surface area contributed by atoms with Gasteiger partial charge in [-0.3, -0.25) is 4.79 Å². The van der Waals surface area contributed by atoms with Crippen molar-refractivity contribution in [2.75, 3.05) is 0 Å². The Kier molecular flexibility index (Phi) is 3.59. The van der Waals surface area contributed by atoms with Crippen LogP contribution in [0.2, 0.25) is 0 Å². The number of carbonyl (C=O) groups excluding carboxylic acids is 1. The molecule has 0 heterocycles. The van der Waals surface area contributed by atoms with Crippen LogP contribution in [0.15, 0.2) is 24.3 Å². The van der Waals surface area contributed by atoms with Crippen molar-refractivity contribution in [2.45, 2.75) is 5.75 Å². The molecule has 0 fully saturated rings. The minimum atomic E-state index is -1.95. The molecule has 1 atom stereocenters. The Bertz CT molecular complexity index is 351. The molecule has 1 unspecified atom stereocenters. The molecule has 1 N–H and O–H groups in total. The Hall–Kier alpha value is -0.710. The molecule has 0 amide bonds. The van der Waals surface area contributed by atoms with Gasteiger partial charge in [-0.15, -0.1) is 0 Å². The summed E-state index contributed by atoms with van der Waals surface area (Å²) in [4.78, 5) is 10.8. The van der Waals surface area contributed by atoms with Gasteiger partial charge >= 0.3 is 0 Å². The molecule has 0 aliphatic carbocycles. The average molecular weight is 219 g/mol. The lowest BCUT2D eigenvalue weighted by Crippen LogP contribution is -2.00. The van der Waals surface area contributed by atoms with Gasteiger partial charge in [0.2, 0.25) is 0 Å². The standard InChI is InChI=1S/C8H7ClO3S/c9-8(10)7-4-2-1-3-6(7)5-13(11)12/h1-4H,5H2,(H,11,12). The maximum Gasteiger partial charge on any atom is 0.252 e. The molecule has 0 aliphatic rings. The SMILES string of the molecule is O=C(Cl)c1ccccc1CS(=O)O. The molecule has 0 bridgehead atoms. The first-order valence-corrected chi connectivity index (χ1v) is 5.12. The number of halogens is 1. The van der Waals surface area contributed by atoms with Gasteiger partial charge in [0.05, 0.1) is 5.75 Å². The first kappa shape index (κ1) is 10.4. The van der Waals surface area contributed by atoms with Crippen LogP contribution in [0.4, 0.5) is 0 Å². The van der Waals surface area contributed by atoms with Crippen molar-refractivity contribution >= 4 is 27.9 Å². The number of benzene rings is 1. The summed E-state index contributed by atoms with van der Waals surface area (Å²) in [7, 11) is 0. The number of hydrogen-bond donors (Lipinski definition) is 1. The first-order valence-electron chi connectivity index (χ1n) is 3.46. The second-order valence-electron chi connectivity index (χ2n) is 2.40. The summed E-state index contributed by atoms with van der Waals surface area (Å²) < 4.78 is 19.1. The molecule has 5 heteroatoms. The number of carbonyl (C=O) groups is 1. The van der Waals surface area contributed by atoms with Crippen molar-refractivity contribution < 1.29 is 13.6 Å². The third-order valence-corrected chi connectivity index (χ3v) is 2.27. The molecule has 13 heavy (non-hydrogen) atoms. The summed E-state index contributed by atoms with van der Waals surface area (Å²) >= 11 is 3.32. The van der Waals surface area contributed by atoms with Gasteiger partial charge in [-0.25, -0.2) is 4.21 Å². The van der Waals surface area contributed by atoms with Crippen LogP contribution in [0.25, 0.3) is 0 Å². The van der Waals surface area contributed by atoms with E-state index < -0.39 is 16.3 Å². The van der Waals surface area contributed by atoms with Gasteiger partial charge in [-0.05, 0) is 23.2 Å². The van der Waals surface area contributed by atoms with Crippen LogP contribution in [0.3, 0.4) is 0 Å². The van der Waals surface area contributed by atoms with Crippen LogP contribution >= 0.6 is 11.6 Å². The molecule has 1 aromatic carbocycles. The maximum atomic E-state index is 10.8. The predicted molar refractivity (Wildman–Crippen MR) is 51.1 cm³/mol. The lowest BCUT2D eigenvalue weighted by Gasteiger charge is -2.01. The molecule has 1 aromatic rings. The molecule has 0 saturated carbocycles. The largest absolute Gasteiger partial charge is 0.306 e. The first-order chi connectivity index (χ1) is 6.11. The van der Waals surface area contributed by atoms with E-state index in [1.807, 2.05) is 0 Å². The van der Waals surface area contributed by atoms with E-state index in [1.165, 1.54) is 6.07 Å². The lowest BCUT2D eigenvalue weighted by atomic mass is 10.1. The van der Waals surface area contributed by atoms with E-state index in [4.69, 9.17) is 16.2 Å². The van der Waals surface area contributed by atoms with E-state index in [-0.39, 0.29) is 11.3 Å². The van der Waals surface area contributed by atoms with Gasteiger partial charge in [-0.2, -0.15) is 0 Å². The molecule has 0 spiro atoms. The summed E-state index contributed by atoms with van der Waals surface area (Å²) in [6, 6.07) is 6.46. The Morgan fingerprint density at radius 1 is 1.46 bits per heavy atom. The molecule has 0 aliphatic heterocycles. The summed E-state index contributed by atoms with van der Waals surface area (Å²) in [5, 5.41) is -0.610. The lowest BCUT2D eigenvalue weighted by molar-refractivity contribution is 0.108. The Morgan fingerprint density at radius 3 is 2.62 bits per heavy atom. The second kappa shape index (κ2) is 4.50. The van der Waals surface area contributed by atoms with Gasteiger partial charge < -0.3 is 4.55 Å². The number of rotatable bonds is 3. The molecule has 0 saturated heterocycles. The van der Waals surface area contributed by atoms with Crippen molar-refractivity contribution in [1.82, 2.24) is 0 Å². The zero-order chi connectivity index (χ0) is 9.84. The quantitative estimate of drug-likeness (QED) is 0.622. The molecule has 3 nitrogen and oxygen atoms in total. The molecular weight excluding hydrogens is 212 g/mol. The van der Waals surface area contributed by atoms with Crippen molar-refractivity contribution in [1.29, 1.82) is 0 Å².